The molecule has 0 aliphatic rings. The first-order valence-corrected chi connectivity index (χ1v) is 18.4. The third-order valence-corrected chi connectivity index (χ3v) is 10.2. The molecule has 0 saturated carbocycles. The molecule has 262 valence electrons. The van der Waals surface area contributed by atoms with E-state index in [9.17, 15) is 0 Å². The first-order chi connectivity index (χ1) is 27.7. The highest BCUT2D eigenvalue weighted by atomic mass is 16.3. The average molecular weight is 720 g/mol. The van der Waals surface area contributed by atoms with E-state index in [1.807, 2.05) is 146 Å². The molecule has 0 atom stereocenters. The minimum absolute atomic E-state index is 0.547. The summed E-state index contributed by atoms with van der Waals surface area (Å²) in [5.74, 6) is 2.32. The van der Waals surface area contributed by atoms with Crippen molar-refractivity contribution in [2.24, 2.45) is 0 Å². The van der Waals surface area contributed by atoms with Crippen molar-refractivity contribution < 1.29 is 8.83 Å². The van der Waals surface area contributed by atoms with E-state index >= 15 is 0 Å². The summed E-state index contributed by atoms with van der Waals surface area (Å²) in [6, 6.07) is 58.8. The van der Waals surface area contributed by atoms with E-state index in [4.69, 9.17) is 33.8 Å². The van der Waals surface area contributed by atoms with Crippen molar-refractivity contribution in [2.75, 3.05) is 0 Å². The van der Waals surface area contributed by atoms with Gasteiger partial charge in [0, 0.05) is 44.0 Å². The van der Waals surface area contributed by atoms with Crippen LogP contribution in [0.1, 0.15) is 0 Å². The lowest BCUT2D eigenvalue weighted by Gasteiger charge is -2.10. The highest BCUT2D eigenvalue weighted by molar-refractivity contribution is 6.16. The van der Waals surface area contributed by atoms with Crippen LogP contribution in [0.4, 0.5) is 0 Å². The fourth-order valence-corrected chi connectivity index (χ4v) is 7.52. The molecule has 7 aromatic carbocycles. The number of aromatic nitrogens is 5. The molecule has 0 N–H and O–H groups in total. The van der Waals surface area contributed by atoms with E-state index in [2.05, 4.69) is 30.3 Å². The molecule has 0 aliphatic heterocycles. The number of rotatable bonds is 6. The Labute approximate surface area is 320 Å². The quantitative estimate of drug-likeness (QED) is 0.169. The lowest BCUT2D eigenvalue weighted by molar-refractivity contribution is 0.663. The van der Waals surface area contributed by atoms with E-state index in [1.165, 1.54) is 0 Å². The van der Waals surface area contributed by atoms with Gasteiger partial charge in [-0.2, -0.15) is 0 Å². The van der Waals surface area contributed by atoms with Gasteiger partial charge in [-0.15, -0.1) is 0 Å². The SMILES string of the molecule is c1ccc(-c2cccc(-c3nc(-c4ccccc4)nc(-c4cccc5oc6c(-c7nc(-c8ccccc8)nc8c7oc7ccccc78)cccc6c45)n3)c2)cc1. The summed E-state index contributed by atoms with van der Waals surface area (Å²) in [5, 5.41) is 2.74. The maximum atomic E-state index is 6.79. The van der Waals surface area contributed by atoms with Gasteiger partial charge in [0.25, 0.3) is 0 Å². The van der Waals surface area contributed by atoms with Gasteiger partial charge in [0.15, 0.2) is 28.9 Å². The molecular weight excluding hydrogens is 691 g/mol. The van der Waals surface area contributed by atoms with Crippen molar-refractivity contribution in [3.05, 3.63) is 176 Å². The Bertz CT molecular complexity index is 3250. The smallest absolute Gasteiger partial charge is 0.180 e. The molecule has 4 heterocycles. The van der Waals surface area contributed by atoms with E-state index < -0.39 is 0 Å². The summed E-state index contributed by atoms with van der Waals surface area (Å²) in [7, 11) is 0. The number of fused-ring (bicyclic) bond motifs is 6. The Morgan fingerprint density at radius 2 is 0.839 bits per heavy atom. The van der Waals surface area contributed by atoms with Gasteiger partial charge in [-0.1, -0.05) is 146 Å². The number of benzene rings is 7. The normalized spacial score (nSPS) is 11.6. The van der Waals surface area contributed by atoms with Crippen molar-refractivity contribution in [2.45, 2.75) is 0 Å². The van der Waals surface area contributed by atoms with E-state index in [1.54, 1.807) is 0 Å². The van der Waals surface area contributed by atoms with Crippen LogP contribution >= 0.6 is 0 Å². The van der Waals surface area contributed by atoms with Gasteiger partial charge in [-0.3, -0.25) is 0 Å². The number of nitrogens with zero attached hydrogens (tertiary/aromatic N) is 5. The van der Waals surface area contributed by atoms with Crippen molar-refractivity contribution in [3.63, 3.8) is 0 Å². The molecule has 0 amide bonds. The zero-order valence-electron chi connectivity index (χ0n) is 29.8. The zero-order valence-corrected chi connectivity index (χ0v) is 29.8. The highest BCUT2D eigenvalue weighted by Crippen LogP contribution is 2.43. The molecule has 0 aliphatic carbocycles. The molecule has 11 rings (SSSR count). The van der Waals surface area contributed by atoms with Gasteiger partial charge in [0.1, 0.15) is 28.0 Å². The van der Waals surface area contributed by atoms with Crippen molar-refractivity contribution in [1.29, 1.82) is 0 Å². The van der Waals surface area contributed by atoms with E-state index in [-0.39, 0.29) is 0 Å². The predicted molar refractivity (Wildman–Crippen MR) is 223 cm³/mol. The van der Waals surface area contributed by atoms with Gasteiger partial charge < -0.3 is 8.83 Å². The second-order valence-corrected chi connectivity index (χ2v) is 13.6. The molecule has 56 heavy (non-hydrogen) atoms. The van der Waals surface area contributed by atoms with Crippen molar-refractivity contribution >= 4 is 44.0 Å². The standard InChI is InChI=1S/C49H29N5O2/c1-4-15-30(16-5-1)33-21-12-22-34(29-33)48-52-47(32-19-8-3-9-20-32)53-49(54-48)37-25-14-28-40-41(37)36-24-13-26-38(44(36)56-40)43-45-42(35-23-10-11-27-39(35)55-45)50-46(51-43)31-17-6-2-7-18-31/h1-29H. The second kappa shape index (κ2) is 13.0. The molecule has 0 saturated heterocycles. The molecule has 4 aromatic heterocycles. The third kappa shape index (κ3) is 5.33. The minimum Gasteiger partial charge on any atom is -0.455 e. The largest absolute Gasteiger partial charge is 0.455 e. The van der Waals surface area contributed by atoms with Crippen LogP contribution in [0.3, 0.4) is 0 Å². The molecule has 0 spiro atoms. The lowest BCUT2D eigenvalue weighted by Crippen LogP contribution is -2.00. The van der Waals surface area contributed by atoms with E-state index in [0.717, 1.165) is 66.2 Å². The summed E-state index contributed by atoms with van der Waals surface area (Å²) in [6.07, 6.45) is 0. The van der Waals surface area contributed by atoms with Crippen LogP contribution in [0.25, 0.3) is 112 Å². The highest BCUT2D eigenvalue weighted by Gasteiger charge is 2.24. The fourth-order valence-electron chi connectivity index (χ4n) is 7.52. The maximum Gasteiger partial charge on any atom is 0.180 e. The van der Waals surface area contributed by atoms with Gasteiger partial charge in [0.2, 0.25) is 0 Å². The number of hydrogen-bond acceptors (Lipinski definition) is 7. The minimum atomic E-state index is 0.547. The molecule has 0 bridgehead atoms. The summed E-state index contributed by atoms with van der Waals surface area (Å²) in [4.78, 5) is 25.5. The van der Waals surface area contributed by atoms with Crippen LogP contribution in [0.5, 0.6) is 0 Å². The first-order valence-electron chi connectivity index (χ1n) is 18.4. The van der Waals surface area contributed by atoms with Crippen molar-refractivity contribution in [1.82, 2.24) is 24.9 Å². The van der Waals surface area contributed by atoms with Crippen LogP contribution < -0.4 is 0 Å². The Morgan fingerprint density at radius 1 is 0.321 bits per heavy atom. The van der Waals surface area contributed by atoms with Crippen LogP contribution in [0.2, 0.25) is 0 Å². The summed E-state index contributed by atoms with van der Waals surface area (Å²) >= 11 is 0. The Hall–Kier alpha value is -7.77. The predicted octanol–water partition coefficient (Wildman–Crippen LogP) is 12.5. The third-order valence-electron chi connectivity index (χ3n) is 10.2. The van der Waals surface area contributed by atoms with Crippen LogP contribution in [0, 0.1) is 0 Å². The Kier molecular flexibility index (Phi) is 7.35. The molecule has 7 heteroatoms. The molecule has 0 radical (unpaired) electrons. The zero-order chi connectivity index (χ0) is 37.0. The summed E-state index contributed by atoms with van der Waals surface area (Å²) in [6.45, 7) is 0. The van der Waals surface area contributed by atoms with Gasteiger partial charge >= 0.3 is 0 Å². The van der Waals surface area contributed by atoms with Gasteiger partial charge in [-0.25, -0.2) is 24.9 Å². The fraction of sp³-hybridized carbons (Fsp3) is 0. The maximum absolute atomic E-state index is 6.79. The number of hydrogen-bond donors (Lipinski definition) is 0. The number of furan rings is 2. The molecular formula is C49H29N5O2. The Morgan fingerprint density at radius 3 is 1.61 bits per heavy atom. The molecule has 0 fully saturated rings. The average Bonchev–Trinajstić information content (AvgIpc) is 3.86. The van der Waals surface area contributed by atoms with Gasteiger partial charge in [0.05, 0.1) is 0 Å². The summed E-state index contributed by atoms with van der Waals surface area (Å²) < 4.78 is 13.3. The summed E-state index contributed by atoms with van der Waals surface area (Å²) in [5.41, 5.74) is 10.7. The van der Waals surface area contributed by atoms with Crippen LogP contribution in [0.15, 0.2) is 185 Å². The monoisotopic (exact) mass is 719 g/mol. The lowest BCUT2D eigenvalue weighted by atomic mass is 10.0. The molecule has 0 unspecified atom stereocenters. The first kappa shape index (κ1) is 31.7. The topological polar surface area (TPSA) is 90.7 Å². The van der Waals surface area contributed by atoms with E-state index in [0.29, 0.717) is 45.7 Å². The molecule has 11 aromatic rings. The molecule has 7 nitrogen and oxygen atoms in total. The van der Waals surface area contributed by atoms with Crippen molar-refractivity contribution in [3.8, 4) is 67.9 Å². The van der Waals surface area contributed by atoms with Gasteiger partial charge in [-0.05, 0) is 41.5 Å². The second-order valence-electron chi connectivity index (χ2n) is 13.6. The number of para-hydroxylation sites is 2. The van der Waals surface area contributed by atoms with Crippen LogP contribution in [-0.2, 0) is 0 Å². The Balaban J connectivity index is 1.13. The van der Waals surface area contributed by atoms with Crippen LogP contribution in [-0.4, -0.2) is 24.9 Å².